The van der Waals surface area contributed by atoms with Crippen molar-refractivity contribution in [2.24, 2.45) is 0 Å². The Labute approximate surface area is 149 Å². The quantitative estimate of drug-likeness (QED) is 0.858. The average molecular weight is 386 g/mol. The summed E-state index contributed by atoms with van der Waals surface area (Å²) in [5.74, 6) is -0.437. The maximum atomic E-state index is 12.3. The summed E-state index contributed by atoms with van der Waals surface area (Å²) >= 11 is 7.37. The highest BCUT2D eigenvalue weighted by Crippen LogP contribution is 2.30. The fourth-order valence-corrected chi connectivity index (χ4v) is 4.66. The molecule has 3 rings (SSSR count). The first kappa shape index (κ1) is 17.2. The van der Waals surface area contributed by atoms with Gasteiger partial charge in [0, 0.05) is 9.90 Å². The molecule has 1 aromatic heterocycles. The monoisotopic (exact) mass is 385 g/mol. The summed E-state index contributed by atoms with van der Waals surface area (Å²) in [5.41, 5.74) is 1.38. The van der Waals surface area contributed by atoms with Crippen LogP contribution in [-0.4, -0.2) is 32.1 Å². The minimum absolute atomic E-state index is 0.330. The number of amides is 1. The Morgan fingerprint density at radius 1 is 1.42 bits per heavy atom. The molecule has 0 radical (unpaired) electrons. The number of aryl methyl sites for hydroxylation is 2. The molecule has 1 heterocycles. The second kappa shape index (κ2) is 6.70. The van der Waals surface area contributed by atoms with Gasteiger partial charge in [-0.05, 0) is 37.5 Å². The predicted molar refractivity (Wildman–Crippen MR) is 96.4 cm³/mol. The number of anilines is 2. The zero-order chi connectivity index (χ0) is 17.3. The molecule has 6 nitrogen and oxygen atoms in total. The molecule has 0 atom stereocenters. The highest BCUT2D eigenvalue weighted by atomic mass is 35.5. The number of benzene rings is 1. The van der Waals surface area contributed by atoms with Gasteiger partial charge in [0.15, 0.2) is 5.13 Å². The number of fused-ring (bicyclic) bond motifs is 1. The number of rotatable bonds is 5. The average Bonchev–Trinajstić information content (AvgIpc) is 3.04. The van der Waals surface area contributed by atoms with Gasteiger partial charge in [0.1, 0.15) is 6.54 Å². The van der Waals surface area contributed by atoms with Crippen LogP contribution in [0.2, 0.25) is 5.02 Å². The summed E-state index contributed by atoms with van der Waals surface area (Å²) < 4.78 is 25.1. The SMILES string of the molecule is CS(=O)(=O)N(CC(=O)Nc1nc2c(s1)CCC2)c1cccc(Cl)c1. The molecular weight excluding hydrogens is 370 g/mol. The third kappa shape index (κ3) is 3.88. The van der Waals surface area contributed by atoms with Crippen molar-refractivity contribution in [1.29, 1.82) is 0 Å². The van der Waals surface area contributed by atoms with Crippen LogP contribution in [-0.2, 0) is 27.7 Å². The minimum Gasteiger partial charge on any atom is -0.300 e. The van der Waals surface area contributed by atoms with E-state index in [1.807, 2.05) is 0 Å². The van der Waals surface area contributed by atoms with Crippen molar-refractivity contribution in [3.8, 4) is 0 Å². The fourth-order valence-electron chi connectivity index (χ4n) is 2.56. The van der Waals surface area contributed by atoms with Crippen LogP contribution in [0.3, 0.4) is 0 Å². The number of hydrogen-bond acceptors (Lipinski definition) is 5. The van der Waals surface area contributed by atoms with Crippen LogP contribution in [0.25, 0.3) is 0 Å². The van der Waals surface area contributed by atoms with Gasteiger partial charge in [0.2, 0.25) is 15.9 Å². The predicted octanol–water partition coefficient (Wildman–Crippen LogP) is 2.69. The second-order valence-corrected chi connectivity index (χ2v) is 8.97. The van der Waals surface area contributed by atoms with Crippen LogP contribution in [0.4, 0.5) is 10.8 Å². The van der Waals surface area contributed by atoms with Crippen LogP contribution in [0.1, 0.15) is 17.0 Å². The summed E-state index contributed by atoms with van der Waals surface area (Å²) in [4.78, 5) is 17.9. The summed E-state index contributed by atoms with van der Waals surface area (Å²) in [6.07, 6.45) is 4.07. The number of nitrogens with one attached hydrogen (secondary N) is 1. The van der Waals surface area contributed by atoms with Crippen molar-refractivity contribution < 1.29 is 13.2 Å². The molecule has 0 unspecified atom stereocenters. The molecule has 1 aromatic carbocycles. The van der Waals surface area contributed by atoms with Crippen molar-refractivity contribution >= 4 is 49.7 Å². The summed E-state index contributed by atoms with van der Waals surface area (Å²) in [6, 6.07) is 6.38. The van der Waals surface area contributed by atoms with Gasteiger partial charge in [0.25, 0.3) is 0 Å². The highest BCUT2D eigenvalue weighted by molar-refractivity contribution is 7.92. The van der Waals surface area contributed by atoms with Crippen molar-refractivity contribution in [1.82, 2.24) is 4.98 Å². The summed E-state index contributed by atoms with van der Waals surface area (Å²) in [7, 11) is -3.62. The Morgan fingerprint density at radius 3 is 2.88 bits per heavy atom. The molecule has 0 saturated heterocycles. The van der Waals surface area contributed by atoms with Crippen molar-refractivity contribution in [2.75, 3.05) is 22.4 Å². The first-order valence-corrected chi connectivity index (χ1v) is 10.4. The molecule has 0 spiro atoms. The molecule has 0 fully saturated rings. The van der Waals surface area contributed by atoms with Crippen molar-refractivity contribution in [3.05, 3.63) is 39.9 Å². The van der Waals surface area contributed by atoms with E-state index in [2.05, 4.69) is 10.3 Å². The van der Waals surface area contributed by atoms with E-state index in [9.17, 15) is 13.2 Å². The Bertz CT molecular complexity index is 858. The molecular formula is C15H16ClN3O3S2. The third-order valence-corrected chi connectivity index (χ3v) is 6.07. The molecule has 2 aromatic rings. The number of carbonyl (C=O) groups excluding carboxylic acids is 1. The number of thiazole rings is 1. The lowest BCUT2D eigenvalue weighted by Crippen LogP contribution is -2.37. The van der Waals surface area contributed by atoms with Gasteiger partial charge < -0.3 is 5.32 Å². The van der Waals surface area contributed by atoms with Crippen LogP contribution in [0.15, 0.2) is 24.3 Å². The topological polar surface area (TPSA) is 79.4 Å². The third-order valence-electron chi connectivity index (χ3n) is 3.63. The zero-order valence-electron chi connectivity index (χ0n) is 13.0. The molecule has 0 saturated carbocycles. The second-order valence-electron chi connectivity index (χ2n) is 5.54. The normalized spacial score (nSPS) is 13.6. The molecule has 128 valence electrons. The molecule has 24 heavy (non-hydrogen) atoms. The summed E-state index contributed by atoms with van der Waals surface area (Å²) in [5, 5.41) is 3.61. The van der Waals surface area contributed by atoms with Gasteiger partial charge >= 0.3 is 0 Å². The van der Waals surface area contributed by atoms with E-state index in [1.165, 1.54) is 22.3 Å². The van der Waals surface area contributed by atoms with E-state index < -0.39 is 15.9 Å². The lowest BCUT2D eigenvalue weighted by Gasteiger charge is -2.21. The van der Waals surface area contributed by atoms with Gasteiger partial charge in [-0.2, -0.15) is 0 Å². The van der Waals surface area contributed by atoms with Gasteiger partial charge in [0.05, 0.1) is 17.6 Å². The maximum Gasteiger partial charge on any atom is 0.246 e. The zero-order valence-corrected chi connectivity index (χ0v) is 15.3. The van der Waals surface area contributed by atoms with Crippen molar-refractivity contribution in [2.45, 2.75) is 19.3 Å². The van der Waals surface area contributed by atoms with Gasteiger partial charge in [-0.15, -0.1) is 11.3 Å². The van der Waals surface area contributed by atoms with Crippen LogP contribution >= 0.6 is 22.9 Å². The fraction of sp³-hybridized carbons (Fsp3) is 0.333. The van der Waals surface area contributed by atoms with E-state index in [1.54, 1.807) is 18.2 Å². The molecule has 1 aliphatic carbocycles. The molecule has 1 amide bonds. The van der Waals surface area contributed by atoms with Gasteiger partial charge in [-0.1, -0.05) is 17.7 Å². The molecule has 0 aliphatic heterocycles. The number of sulfonamides is 1. The van der Waals surface area contributed by atoms with E-state index >= 15 is 0 Å². The summed E-state index contributed by atoms with van der Waals surface area (Å²) in [6.45, 7) is -0.330. The van der Waals surface area contributed by atoms with E-state index in [-0.39, 0.29) is 6.54 Å². The number of nitrogens with zero attached hydrogens (tertiary/aromatic N) is 2. The smallest absolute Gasteiger partial charge is 0.246 e. The molecule has 0 bridgehead atoms. The Morgan fingerprint density at radius 2 is 2.21 bits per heavy atom. The van der Waals surface area contributed by atoms with E-state index in [0.29, 0.717) is 15.8 Å². The standard InChI is InChI=1S/C15H16ClN3O3S2/c1-24(21,22)19(11-5-2-4-10(16)8-11)9-14(20)18-15-17-12-6-3-7-13(12)23-15/h2,4-5,8H,3,6-7,9H2,1H3,(H,17,18,20). The number of hydrogen-bond donors (Lipinski definition) is 1. The van der Waals surface area contributed by atoms with E-state index in [0.717, 1.165) is 35.5 Å². The van der Waals surface area contributed by atoms with Crippen LogP contribution in [0, 0.1) is 0 Å². The first-order valence-electron chi connectivity index (χ1n) is 7.34. The molecule has 1 aliphatic rings. The number of halogens is 1. The van der Waals surface area contributed by atoms with Crippen LogP contribution < -0.4 is 9.62 Å². The number of aromatic nitrogens is 1. The largest absolute Gasteiger partial charge is 0.300 e. The Kier molecular flexibility index (Phi) is 4.80. The minimum atomic E-state index is -3.62. The van der Waals surface area contributed by atoms with Gasteiger partial charge in [-0.3, -0.25) is 9.10 Å². The molecule has 9 heteroatoms. The highest BCUT2D eigenvalue weighted by Gasteiger charge is 2.23. The molecule has 1 N–H and O–H groups in total. The van der Waals surface area contributed by atoms with Gasteiger partial charge in [-0.25, -0.2) is 13.4 Å². The Hall–Kier alpha value is -1.64. The number of carbonyl (C=O) groups is 1. The van der Waals surface area contributed by atoms with E-state index in [4.69, 9.17) is 11.6 Å². The maximum absolute atomic E-state index is 12.3. The lowest BCUT2D eigenvalue weighted by atomic mass is 10.3. The Balaban J connectivity index is 1.76. The van der Waals surface area contributed by atoms with Crippen molar-refractivity contribution in [3.63, 3.8) is 0 Å². The lowest BCUT2D eigenvalue weighted by molar-refractivity contribution is -0.114. The van der Waals surface area contributed by atoms with Crippen LogP contribution in [0.5, 0.6) is 0 Å². The first-order chi connectivity index (χ1) is 11.3.